The molecule has 1 N–H and O–H groups in total. The van der Waals surface area contributed by atoms with Crippen LogP contribution in [0.1, 0.15) is 23.6 Å². The summed E-state index contributed by atoms with van der Waals surface area (Å²) in [5, 5.41) is 3.61. The van der Waals surface area contributed by atoms with E-state index in [1.165, 1.54) is 24.1 Å². The zero-order chi connectivity index (χ0) is 10.7. The fraction of sp³-hybridized carbons (Fsp3) is 0.538. The number of benzene rings is 1. The third kappa shape index (κ3) is 2.80. The van der Waals surface area contributed by atoms with E-state index < -0.39 is 0 Å². The summed E-state index contributed by atoms with van der Waals surface area (Å²) in [7, 11) is 2.19. The van der Waals surface area contributed by atoms with Gasteiger partial charge in [0, 0.05) is 19.1 Å². The van der Waals surface area contributed by atoms with E-state index in [2.05, 4.69) is 48.5 Å². The Morgan fingerprint density at radius 1 is 1.33 bits per heavy atom. The van der Waals surface area contributed by atoms with Crippen LogP contribution in [0.15, 0.2) is 24.3 Å². The summed E-state index contributed by atoms with van der Waals surface area (Å²) in [6, 6.07) is 9.38. The summed E-state index contributed by atoms with van der Waals surface area (Å²) in [4.78, 5) is 2.39. The van der Waals surface area contributed by atoms with Gasteiger partial charge in [0.05, 0.1) is 0 Å². The van der Waals surface area contributed by atoms with Crippen molar-refractivity contribution < 1.29 is 0 Å². The molecule has 0 saturated carbocycles. The number of hydrogen-bond donors (Lipinski definition) is 1. The number of likely N-dealkylation sites (N-methyl/N-ethyl adjacent to an activating group) is 1. The van der Waals surface area contributed by atoms with Gasteiger partial charge in [0.2, 0.25) is 0 Å². The van der Waals surface area contributed by atoms with Crippen molar-refractivity contribution in [3.05, 3.63) is 35.4 Å². The molecule has 2 rings (SSSR count). The first-order valence-corrected chi connectivity index (χ1v) is 5.74. The van der Waals surface area contributed by atoms with Gasteiger partial charge in [-0.1, -0.05) is 29.8 Å². The van der Waals surface area contributed by atoms with E-state index in [1.807, 2.05) is 0 Å². The predicted octanol–water partition coefficient (Wildman–Crippen LogP) is 1.96. The summed E-state index contributed by atoms with van der Waals surface area (Å²) in [5.41, 5.74) is 2.79. The Bertz CT molecular complexity index is 322. The third-order valence-electron chi connectivity index (χ3n) is 3.13. The van der Waals surface area contributed by atoms with Crippen molar-refractivity contribution >= 4 is 0 Å². The van der Waals surface area contributed by atoms with Crippen molar-refractivity contribution in [2.45, 2.75) is 19.4 Å². The maximum atomic E-state index is 3.61. The molecule has 1 aliphatic heterocycles. The van der Waals surface area contributed by atoms with Gasteiger partial charge < -0.3 is 10.2 Å². The Labute approximate surface area is 92.3 Å². The van der Waals surface area contributed by atoms with E-state index in [4.69, 9.17) is 0 Å². The van der Waals surface area contributed by atoms with Crippen LogP contribution in [0.25, 0.3) is 0 Å². The van der Waals surface area contributed by atoms with Crippen molar-refractivity contribution in [3.8, 4) is 0 Å². The highest BCUT2D eigenvalue weighted by molar-refractivity contribution is 5.25. The molecule has 1 heterocycles. The number of nitrogens with one attached hydrogen (secondary N) is 1. The molecule has 0 amide bonds. The first-order chi connectivity index (χ1) is 7.25. The summed E-state index contributed by atoms with van der Waals surface area (Å²) >= 11 is 0. The van der Waals surface area contributed by atoms with Crippen LogP contribution in [0, 0.1) is 6.92 Å². The van der Waals surface area contributed by atoms with E-state index in [9.17, 15) is 0 Å². The molecule has 15 heavy (non-hydrogen) atoms. The molecule has 2 nitrogen and oxygen atoms in total. The van der Waals surface area contributed by atoms with Gasteiger partial charge in [-0.25, -0.2) is 0 Å². The molecule has 0 radical (unpaired) electrons. The lowest BCUT2D eigenvalue weighted by atomic mass is 10.0. The molecule has 0 spiro atoms. The maximum absolute atomic E-state index is 3.61. The molecule has 1 saturated heterocycles. The molecular weight excluding hydrogens is 184 g/mol. The van der Waals surface area contributed by atoms with Gasteiger partial charge in [0.25, 0.3) is 0 Å². The van der Waals surface area contributed by atoms with Gasteiger partial charge in [-0.3, -0.25) is 0 Å². The molecule has 1 aromatic rings. The lowest BCUT2D eigenvalue weighted by molar-refractivity contribution is 0.355. The maximum Gasteiger partial charge on any atom is 0.0333 e. The highest BCUT2D eigenvalue weighted by Crippen LogP contribution is 2.19. The Morgan fingerprint density at radius 2 is 2.20 bits per heavy atom. The normalized spacial score (nSPS) is 23.7. The summed E-state index contributed by atoms with van der Waals surface area (Å²) in [6.45, 7) is 5.59. The number of nitrogens with zero attached hydrogens (tertiary/aromatic N) is 1. The number of hydrogen-bond acceptors (Lipinski definition) is 2. The smallest absolute Gasteiger partial charge is 0.0333 e. The molecule has 82 valence electrons. The Balaban J connectivity index is 2.09. The molecule has 0 aliphatic carbocycles. The summed E-state index contributed by atoms with van der Waals surface area (Å²) in [6.07, 6.45) is 1.21. The first kappa shape index (κ1) is 10.7. The average Bonchev–Trinajstić information content (AvgIpc) is 2.43. The summed E-state index contributed by atoms with van der Waals surface area (Å²) < 4.78 is 0. The molecule has 1 aliphatic rings. The second-order valence-electron chi connectivity index (χ2n) is 4.51. The van der Waals surface area contributed by atoms with Gasteiger partial charge in [0.15, 0.2) is 0 Å². The van der Waals surface area contributed by atoms with Crippen LogP contribution in [-0.4, -0.2) is 31.6 Å². The van der Waals surface area contributed by atoms with E-state index >= 15 is 0 Å². The monoisotopic (exact) mass is 204 g/mol. The van der Waals surface area contributed by atoms with Gasteiger partial charge in [-0.05, 0) is 32.5 Å². The average molecular weight is 204 g/mol. The quantitative estimate of drug-likeness (QED) is 0.752. The molecular formula is C13H20N2. The highest BCUT2D eigenvalue weighted by Gasteiger charge is 2.15. The largest absolute Gasteiger partial charge is 0.309 e. The first-order valence-electron chi connectivity index (χ1n) is 5.74. The number of aryl methyl sites for hydroxylation is 1. The zero-order valence-electron chi connectivity index (χ0n) is 9.66. The van der Waals surface area contributed by atoms with E-state index in [0.717, 1.165) is 13.1 Å². The Kier molecular flexibility index (Phi) is 3.39. The lowest BCUT2D eigenvalue weighted by Crippen LogP contribution is -2.25. The van der Waals surface area contributed by atoms with Crippen LogP contribution in [0.3, 0.4) is 0 Å². The Hall–Kier alpha value is -0.860. The van der Waals surface area contributed by atoms with Crippen molar-refractivity contribution in [2.75, 3.05) is 26.7 Å². The fourth-order valence-electron chi connectivity index (χ4n) is 2.16. The van der Waals surface area contributed by atoms with Gasteiger partial charge in [-0.2, -0.15) is 0 Å². The minimum absolute atomic E-state index is 0.537. The van der Waals surface area contributed by atoms with Crippen molar-refractivity contribution in [1.82, 2.24) is 10.2 Å². The van der Waals surface area contributed by atoms with Crippen LogP contribution in [-0.2, 0) is 0 Å². The zero-order valence-corrected chi connectivity index (χ0v) is 9.66. The van der Waals surface area contributed by atoms with Crippen LogP contribution in [0.5, 0.6) is 0 Å². The van der Waals surface area contributed by atoms with Crippen LogP contribution >= 0.6 is 0 Å². The van der Waals surface area contributed by atoms with Crippen LogP contribution in [0.4, 0.5) is 0 Å². The van der Waals surface area contributed by atoms with Crippen LogP contribution in [0.2, 0.25) is 0 Å². The van der Waals surface area contributed by atoms with E-state index in [0.29, 0.717) is 6.04 Å². The Morgan fingerprint density at radius 3 is 3.00 bits per heavy atom. The number of rotatable bonds is 1. The molecule has 1 fully saturated rings. The highest BCUT2D eigenvalue weighted by atomic mass is 15.1. The van der Waals surface area contributed by atoms with Gasteiger partial charge >= 0.3 is 0 Å². The minimum Gasteiger partial charge on any atom is -0.309 e. The van der Waals surface area contributed by atoms with Gasteiger partial charge in [0.1, 0.15) is 0 Å². The third-order valence-corrected chi connectivity index (χ3v) is 3.13. The van der Waals surface area contributed by atoms with Crippen molar-refractivity contribution in [2.24, 2.45) is 0 Å². The van der Waals surface area contributed by atoms with Crippen molar-refractivity contribution in [3.63, 3.8) is 0 Å². The molecule has 2 heteroatoms. The molecule has 1 atom stereocenters. The predicted molar refractivity (Wildman–Crippen MR) is 64.0 cm³/mol. The van der Waals surface area contributed by atoms with E-state index in [1.54, 1.807) is 0 Å². The SMILES string of the molecule is Cc1cccc(C2CCN(C)CCN2)c1. The molecule has 0 bridgehead atoms. The second kappa shape index (κ2) is 4.77. The van der Waals surface area contributed by atoms with Gasteiger partial charge in [-0.15, -0.1) is 0 Å². The standard InChI is InChI=1S/C13H20N2/c1-11-4-3-5-12(10-11)13-6-8-15(2)9-7-14-13/h3-5,10,13-14H,6-9H2,1-2H3. The van der Waals surface area contributed by atoms with Crippen molar-refractivity contribution in [1.29, 1.82) is 0 Å². The molecule has 1 aromatic carbocycles. The topological polar surface area (TPSA) is 15.3 Å². The summed E-state index contributed by atoms with van der Waals surface area (Å²) in [5.74, 6) is 0. The van der Waals surface area contributed by atoms with E-state index in [-0.39, 0.29) is 0 Å². The lowest BCUT2D eigenvalue weighted by Gasteiger charge is -2.16. The fourth-order valence-corrected chi connectivity index (χ4v) is 2.16. The molecule has 1 unspecified atom stereocenters. The van der Waals surface area contributed by atoms with Crippen LogP contribution < -0.4 is 5.32 Å². The minimum atomic E-state index is 0.537. The second-order valence-corrected chi connectivity index (χ2v) is 4.51. The molecule has 0 aromatic heterocycles.